The summed E-state index contributed by atoms with van der Waals surface area (Å²) in [6.07, 6.45) is 23.0. The van der Waals surface area contributed by atoms with Crippen LogP contribution in [0, 0.1) is 29.6 Å². The highest BCUT2D eigenvalue weighted by Crippen LogP contribution is 2.43. The lowest BCUT2D eigenvalue weighted by Crippen LogP contribution is -2.48. The highest BCUT2D eigenvalue weighted by atomic mass is 28.4. The molecule has 0 bridgehead atoms. The van der Waals surface area contributed by atoms with Gasteiger partial charge in [-0.25, -0.2) is 4.79 Å². The van der Waals surface area contributed by atoms with Crippen molar-refractivity contribution in [1.82, 2.24) is 0 Å². The lowest BCUT2D eigenvalue weighted by atomic mass is 9.87. The maximum absolute atomic E-state index is 11.5. The molecule has 0 aliphatic rings. The minimum Gasteiger partial charge on any atom is -0.478 e. The molecular formula is C55H106O7Si4. The van der Waals surface area contributed by atoms with Gasteiger partial charge in [-0.1, -0.05) is 185 Å². The number of carboxylic acid groups (broad SMARTS) is 1. The minimum absolute atomic E-state index is 0.00629. The van der Waals surface area contributed by atoms with E-state index in [1.54, 1.807) is 12.2 Å². The minimum atomic E-state index is -2.23. The van der Waals surface area contributed by atoms with Crippen LogP contribution in [-0.4, -0.2) is 80.0 Å². The van der Waals surface area contributed by atoms with Crippen molar-refractivity contribution in [3.63, 3.8) is 0 Å². The normalized spacial score (nSPS) is 19.4. The summed E-state index contributed by atoms with van der Waals surface area (Å²) in [5, 5.41) is 20.8. The van der Waals surface area contributed by atoms with Gasteiger partial charge in [0, 0.05) is 24.3 Å². The summed E-state index contributed by atoms with van der Waals surface area (Å²) in [6.45, 7) is 60.8. The van der Waals surface area contributed by atoms with Crippen molar-refractivity contribution in [2.45, 2.75) is 240 Å². The zero-order valence-corrected chi connectivity index (χ0v) is 51.4. The Bertz CT molecular complexity index is 1610. The molecule has 11 heteroatoms. The first-order valence-electron chi connectivity index (χ1n) is 25.2. The second kappa shape index (κ2) is 26.1. The molecule has 0 rings (SSSR count). The molecule has 10 atom stereocenters. The smallest absolute Gasteiger partial charge is 0.328 e. The quantitative estimate of drug-likeness (QED) is 0.0366. The van der Waals surface area contributed by atoms with Crippen LogP contribution >= 0.6 is 0 Å². The van der Waals surface area contributed by atoms with Crippen LogP contribution in [0.4, 0.5) is 0 Å². The van der Waals surface area contributed by atoms with Crippen molar-refractivity contribution in [3.05, 3.63) is 73.4 Å². The molecule has 0 saturated carbocycles. The summed E-state index contributed by atoms with van der Waals surface area (Å²) in [5.41, 5.74) is 0. The van der Waals surface area contributed by atoms with Gasteiger partial charge in [-0.05, 0) is 103 Å². The second-order valence-electron chi connectivity index (χ2n) is 25.7. The number of allylic oxidation sites excluding steroid dienone is 5. The molecule has 0 aliphatic carbocycles. The van der Waals surface area contributed by atoms with Crippen molar-refractivity contribution in [1.29, 1.82) is 0 Å². The molecule has 0 aromatic carbocycles. The van der Waals surface area contributed by atoms with E-state index in [0.717, 1.165) is 12.8 Å². The first-order chi connectivity index (χ1) is 29.5. The Hall–Kier alpha value is -1.42. The number of rotatable bonds is 27. The molecule has 0 radical (unpaired) electrons. The topological polar surface area (TPSA) is 94.5 Å². The summed E-state index contributed by atoms with van der Waals surface area (Å²) in [5.74, 6) is -0.799. The van der Waals surface area contributed by atoms with Crippen LogP contribution in [0.3, 0.4) is 0 Å². The Morgan fingerprint density at radius 1 is 0.545 bits per heavy atom. The van der Waals surface area contributed by atoms with E-state index in [1.165, 1.54) is 6.08 Å². The average molecular weight is 992 g/mol. The van der Waals surface area contributed by atoms with E-state index in [-0.39, 0.29) is 74.2 Å². The molecule has 384 valence electrons. The van der Waals surface area contributed by atoms with Gasteiger partial charge < -0.3 is 27.9 Å². The molecule has 0 saturated heterocycles. The predicted molar refractivity (Wildman–Crippen MR) is 297 cm³/mol. The van der Waals surface area contributed by atoms with Gasteiger partial charge in [0.25, 0.3) is 0 Å². The largest absolute Gasteiger partial charge is 0.478 e. The number of carbonyl (C=O) groups is 1. The second-order valence-corrected chi connectivity index (χ2v) is 44.7. The van der Waals surface area contributed by atoms with Crippen molar-refractivity contribution < 1.29 is 32.7 Å². The summed E-state index contributed by atoms with van der Waals surface area (Å²) >= 11 is 0. The fraction of sp³-hybridized carbons (Fsp3) is 0.764. The van der Waals surface area contributed by atoms with Crippen molar-refractivity contribution in [3.8, 4) is 0 Å². The summed E-state index contributed by atoms with van der Waals surface area (Å²) < 4.78 is 29.0. The van der Waals surface area contributed by atoms with Crippen molar-refractivity contribution >= 4 is 39.2 Å². The summed E-state index contributed by atoms with van der Waals surface area (Å²) in [6, 6.07) is 0. The van der Waals surface area contributed by atoms with Crippen LogP contribution in [0.1, 0.15) is 137 Å². The molecule has 0 unspecified atom stereocenters. The summed E-state index contributed by atoms with van der Waals surface area (Å²) in [7, 11) is -8.76. The fourth-order valence-electron chi connectivity index (χ4n) is 6.73. The monoisotopic (exact) mass is 991 g/mol. The van der Waals surface area contributed by atoms with E-state index in [1.807, 2.05) is 18.2 Å². The van der Waals surface area contributed by atoms with Gasteiger partial charge in [-0.3, -0.25) is 0 Å². The zero-order chi connectivity index (χ0) is 52.1. The number of carboxylic acids is 1. The highest BCUT2D eigenvalue weighted by molar-refractivity contribution is 6.75. The Morgan fingerprint density at radius 3 is 1.42 bits per heavy atom. The van der Waals surface area contributed by atoms with E-state index in [4.69, 9.17) is 17.7 Å². The van der Waals surface area contributed by atoms with Gasteiger partial charge in [0.1, 0.15) is 0 Å². The van der Waals surface area contributed by atoms with Gasteiger partial charge in [0.2, 0.25) is 0 Å². The van der Waals surface area contributed by atoms with Crippen LogP contribution < -0.4 is 0 Å². The maximum Gasteiger partial charge on any atom is 0.328 e. The Balaban J connectivity index is 7.23. The van der Waals surface area contributed by atoms with Crippen LogP contribution in [0.25, 0.3) is 0 Å². The molecule has 0 amide bonds. The van der Waals surface area contributed by atoms with Crippen LogP contribution in [0.2, 0.25) is 72.5 Å². The van der Waals surface area contributed by atoms with E-state index in [0.29, 0.717) is 6.42 Å². The molecule has 0 aromatic heterocycles. The van der Waals surface area contributed by atoms with Crippen LogP contribution in [0.15, 0.2) is 73.4 Å². The molecule has 0 aromatic rings. The molecule has 0 spiro atoms. The van der Waals surface area contributed by atoms with Crippen LogP contribution in [0.5, 0.6) is 0 Å². The van der Waals surface area contributed by atoms with Gasteiger partial charge in [0.05, 0.1) is 30.5 Å². The summed E-state index contributed by atoms with van der Waals surface area (Å²) in [4.78, 5) is 11.2. The Kier molecular flexibility index (Phi) is 25.6. The fourth-order valence-corrected chi connectivity index (χ4v) is 12.3. The Morgan fingerprint density at radius 2 is 0.970 bits per heavy atom. The maximum atomic E-state index is 11.5. The molecular weight excluding hydrogens is 885 g/mol. The van der Waals surface area contributed by atoms with Gasteiger partial charge >= 0.3 is 5.97 Å². The molecule has 0 aliphatic heterocycles. The predicted octanol–water partition coefficient (Wildman–Crippen LogP) is 16.3. The zero-order valence-electron chi connectivity index (χ0n) is 47.4. The van der Waals surface area contributed by atoms with E-state index in [2.05, 4.69) is 207 Å². The number of aliphatic carboxylic acids is 1. The number of hydrogen-bond acceptors (Lipinski definition) is 6. The molecule has 0 heterocycles. The first-order valence-corrected chi connectivity index (χ1v) is 36.8. The van der Waals surface area contributed by atoms with Crippen molar-refractivity contribution in [2.75, 3.05) is 0 Å². The van der Waals surface area contributed by atoms with Crippen LogP contribution in [-0.2, 0) is 22.5 Å². The SMILES string of the molecule is C=C/C=C\[C@H](C)[C@H](O)[C@@H](C)[C@@H](CC/C=C\[C@H](C)[C@@H](O[Si](C)(C)C(C)(C)C)[C@@H](C)/C=C\[C@@H](C[C@H](O[Si](C)(C)C(C)(C)C)[C@H](C)/C=C/C=C\C(=O)O)O[Si](C)(C)C(C)(C)C)O[Si](C)(C)C(C)(C)C. The number of aliphatic hydroxyl groups is 1. The first kappa shape index (κ1) is 64.6. The van der Waals surface area contributed by atoms with E-state index in [9.17, 15) is 15.0 Å². The lowest BCUT2D eigenvalue weighted by Gasteiger charge is -2.43. The van der Waals surface area contributed by atoms with Crippen molar-refractivity contribution in [2.24, 2.45) is 29.6 Å². The Labute approximate surface area is 413 Å². The highest BCUT2D eigenvalue weighted by Gasteiger charge is 2.45. The van der Waals surface area contributed by atoms with Gasteiger partial charge in [0.15, 0.2) is 33.3 Å². The lowest BCUT2D eigenvalue weighted by molar-refractivity contribution is -0.131. The third-order valence-corrected chi connectivity index (χ3v) is 33.7. The van der Waals surface area contributed by atoms with Gasteiger partial charge in [-0.15, -0.1) is 0 Å². The average Bonchev–Trinajstić information content (AvgIpc) is 3.14. The standard InChI is InChI=1S/C55H106O7Si4/c1-27-28-33-42(3)50(58)45(6)47(60-64(21,22)53(10,11)12)36-31-29-35-43(4)51(62-66(25,26)55(16,17)18)44(5)38-39-46(59-63(19,20)52(7,8)9)40-48(61-65(23,24)54(13,14)15)41(2)34-30-32-37-49(56)57/h27-30,32-35,37-39,41-48,50-51,58H,1,31,36,40H2,2-26H3,(H,56,57)/b33-28-,34-30+,35-29-,37-32-,39-38-/t41-,42+,43+,44+,45+,46+,47-,48+,50+,51-/m1/s1. The molecule has 2 N–H and O–H groups in total. The van der Waals surface area contributed by atoms with E-state index < -0.39 is 45.3 Å². The van der Waals surface area contributed by atoms with E-state index >= 15 is 0 Å². The third-order valence-electron chi connectivity index (χ3n) is 15.7. The van der Waals surface area contributed by atoms with Gasteiger partial charge in [-0.2, -0.15) is 0 Å². The number of hydrogen-bond donors (Lipinski definition) is 2. The third kappa shape index (κ3) is 21.3. The molecule has 7 nitrogen and oxygen atoms in total. The molecule has 66 heavy (non-hydrogen) atoms. The molecule has 0 fully saturated rings. The number of aliphatic hydroxyl groups excluding tert-OH is 1.